The van der Waals surface area contributed by atoms with Crippen molar-refractivity contribution in [1.29, 1.82) is 0 Å². The highest BCUT2D eigenvalue weighted by molar-refractivity contribution is 5.89. The summed E-state index contributed by atoms with van der Waals surface area (Å²) in [5.41, 5.74) is 1.93. The molecule has 2 aromatic rings. The largest absolute Gasteiger partial charge is 0.447 e. The third-order valence-corrected chi connectivity index (χ3v) is 4.10. The molecule has 1 fully saturated rings. The summed E-state index contributed by atoms with van der Waals surface area (Å²) in [5.74, 6) is 1.22. The zero-order valence-electron chi connectivity index (χ0n) is 14.2. The Labute approximate surface area is 141 Å². The summed E-state index contributed by atoms with van der Waals surface area (Å²) in [6.45, 7) is 7.06. The van der Waals surface area contributed by atoms with Gasteiger partial charge >= 0.3 is 6.09 Å². The van der Waals surface area contributed by atoms with Crippen molar-refractivity contribution in [3.05, 3.63) is 41.6 Å². The molecule has 0 aliphatic carbocycles. The lowest BCUT2D eigenvalue weighted by Gasteiger charge is -2.20. The van der Waals surface area contributed by atoms with Crippen molar-refractivity contribution in [3.63, 3.8) is 0 Å². The van der Waals surface area contributed by atoms with E-state index in [2.05, 4.69) is 22.4 Å². The van der Waals surface area contributed by atoms with Gasteiger partial charge in [0.1, 0.15) is 6.61 Å². The number of hydrogen-bond acceptors (Lipinski definition) is 6. The number of aromatic nitrogens is 2. The number of amides is 1. The smallest absolute Gasteiger partial charge is 0.414 e. The Morgan fingerprint density at radius 1 is 1.29 bits per heavy atom. The van der Waals surface area contributed by atoms with Crippen molar-refractivity contribution in [2.45, 2.75) is 39.3 Å². The normalized spacial score (nSPS) is 17.0. The number of ether oxygens (including phenoxy) is 1. The van der Waals surface area contributed by atoms with Crippen molar-refractivity contribution in [2.24, 2.45) is 0 Å². The number of anilines is 1. The van der Waals surface area contributed by atoms with Crippen LogP contribution in [0.2, 0.25) is 0 Å². The molecular formula is C17H22N4O3. The van der Waals surface area contributed by atoms with Crippen molar-refractivity contribution in [2.75, 3.05) is 18.1 Å². The highest BCUT2D eigenvalue weighted by Crippen LogP contribution is 2.25. The second-order valence-corrected chi connectivity index (χ2v) is 5.86. The molecule has 128 valence electrons. The molecule has 1 aromatic carbocycles. The zero-order valence-corrected chi connectivity index (χ0v) is 14.2. The van der Waals surface area contributed by atoms with E-state index in [1.54, 1.807) is 4.90 Å². The first kappa shape index (κ1) is 16.4. The van der Waals surface area contributed by atoms with Crippen LogP contribution < -0.4 is 10.2 Å². The quantitative estimate of drug-likeness (QED) is 0.877. The molecule has 0 bridgehead atoms. The molecule has 0 saturated carbocycles. The van der Waals surface area contributed by atoms with E-state index in [4.69, 9.17) is 9.15 Å². The first-order valence-corrected chi connectivity index (χ1v) is 8.21. The number of cyclic esters (lactones) is 1. The number of benzene rings is 1. The summed E-state index contributed by atoms with van der Waals surface area (Å²) in [6.07, 6.45) is 0.433. The van der Waals surface area contributed by atoms with Gasteiger partial charge in [0, 0.05) is 18.2 Å². The fourth-order valence-corrected chi connectivity index (χ4v) is 2.72. The van der Waals surface area contributed by atoms with Crippen LogP contribution in [0, 0.1) is 0 Å². The fourth-order valence-electron chi connectivity index (χ4n) is 2.72. The van der Waals surface area contributed by atoms with Crippen molar-refractivity contribution in [1.82, 2.24) is 15.5 Å². The molecule has 0 spiro atoms. The average Bonchev–Trinajstić information content (AvgIpc) is 3.23. The maximum absolute atomic E-state index is 11.7. The SMILES string of the molecule is CCc1nnc([C@H](C)N[C@H](C)c2cccc(N3CCOC3=O)c2)o1. The van der Waals surface area contributed by atoms with Gasteiger partial charge in [0.2, 0.25) is 11.8 Å². The topological polar surface area (TPSA) is 80.5 Å². The molecule has 7 heteroatoms. The van der Waals surface area contributed by atoms with Gasteiger partial charge in [0.05, 0.1) is 12.6 Å². The third-order valence-electron chi connectivity index (χ3n) is 4.10. The second-order valence-electron chi connectivity index (χ2n) is 5.86. The molecule has 0 unspecified atom stereocenters. The van der Waals surface area contributed by atoms with Gasteiger partial charge in [-0.1, -0.05) is 19.1 Å². The molecule has 1 amide bonds. The molecular weight excluding hydrogens is 308 g/mol. The Morgan fingerprint density at radius 2 is 2.12 bits per heavy atom. The summed E-state index contributed by atoms with van der Waals surface area (Å²) < 4.78 is 10.6. The Morgan fingerprint density at radius 3 is 2.79 bits per heavy atom. The van der Waals surface area contributed by atoms with Crippen LogP contribution >= 0.6 is 0 Å². The van der Waals surface area contributed by atoms with Crippen LogP contribution in [0.5, 0.6) is 0 Å². The highest BCUT2D eigenvalue weighted by Gasteiger charge is 2.24. The van der Waals surface area contributed by atoms with Crippen LogP contribution in [-0.2, 0) is 11.2 Å². The lowest BCUT2D eigenvalue weighted by atomic mass is 10.1. The van der Waals surface area contributed by atoms with Gasteiger partial charge < -0.3 is 9.15 Å². The Hall–Kier alpha value is -2.41. The Kier molecular flexibility index (Phi) is 4.80. The summed E-state index contributed by atoms with van der Waals surface area (Å²) in [4.78, 5) is 13.4. The number of carbonyl (C=O) groups is 1. The molecule has 3 rings (SSSR count). The lowest BCUT2D eigenvalue weighted by molar-refractivity contribution is 0.181. The van der Waals surface area contributed by atoms with E-state index in [1.807, 2.05) is 38.1 Å². The minimum absolute atomic E-state index is 0.0618. The van der Waals surface area contributed by atoms with E-state index in [9.17, 15) is 4.79 Å². The number of rotatable bonds is 6. The zero-order chi connectivity index (χ0) is 17.1. The van der Waals surface area contributed by atoms with E-state index in [0.717, 1.165) is 17.7 Å². The van der Waals surface area contributed by atoms with E-state index >= 15 is 0 Å². The Bertz CT molecular complexity index is 715. The monoisotopic (exact) mass is 330 g/mol. The molecule has 2 heterocycles. The van der Waals surface area contributed by atoms with Crippen LogP contribution in [-0.4, -0.2) is 29.4 Å². The van der Waals surface area contributed by atoms with Crippen LogP contribution in [0.15, 0.2) is 28.7 Å². The molecule has 1 aliphatic rings. The van der Waals surface area contributed by atoms with Gasteiger partial charge in [-0.05, 0) is 31.5 Å². The van der Waals surface area contributed by atoms with Gasteiger partial charge in [-0.25, -0.2) is 4.79 Å². The number of aryl methyl sites for hydroxylation is 1. The van der Waals surface area contributed by atoms with Crippen LogP contribution in [0.1, 0.15) is 50.2 Å². The molecule has 1 aromatic heterocycles. The number of nitrogens with one attached hydrogen (secondary N) is 1. The highest BCUT2D eigenvalue weighted by atomic mass is 16.6. The van der Waals surface area contributed by atoms with Crippen molar-refractivity contribution in [3.8, 4) is 0 Å². The van der Waals surface area contributed by atoms with Gasteiger partial charge in [-0.3, -0.25) is 10.2 Å². The van der Waals surface area contributed by atoms with Crippen molar-refractivity contribution >= 4 is 11.8 Å². The van der Waals surface area contributed by atoms with E-state index in [-0.39, 0.29) is 18.2 Å². The third kappa shape index (κ3) is 3.41. The predicted molar refractivity (Wildman–Crippen MR) is 88.8 cm³/mol. The first-order valence-electron chi connectivity index (χ1n) is 8.21. The fraction of sp³-hybridized carbons (Fsp3) is 0.471. The Balaban J connectivity index is 1.70. The maximum atomic E-state index is 11.7. The number of carbonyl (C=O) groups excluding carboxylic acids is 1. The summed E-state index contributed by atoms with van der Waals surface area (Å²) >= 11 is 0. The number of nitrogens with zero attached hydrogens (tertiary/aromatic N) is 3. The predicted octanol–water partition coefficient (Wildman–Crippen LogP) is 3.00. The van der Waals surface area contributed by atoms with Gasteiger partial charge in [-0.15, -0.1) is 10.2 Å². The second kappa shape index (κ2) is 7.00. The van der Waals surface area contributed by atoms with Crippen LogP contribution in [0.3, 0.4) is 0 Å². The maximum Gasteiger partial charge on any atom is 0.414 e. The standard InChI is InChI=1S/C17H22N4O3/c1-4-15-19-20-16(24-15)12(3)18-11(2)13-6-5-7-14(10-13)21-8-9-23-17(21)22/h5-7,10-12,18H,4,8-9H2,1-3H3/t11-,12+/m1/s1. The molecule has 1 N–H and O–H groups in total. The van der Waals surface area contributed by atoms with Crippen LogP contribution in [0.25, 0.3) is 0 Å². The summed E-state index contributed by atoms with van der Waals surface area (Å²) in [6, 6.07) is 7.89. The molecule has 1 saturated heterocycles. The molecule has 24 heavy (non-hydrogen) atoms. The lowest BCUT2D eigenvalue weighted by Crippen LogP contribution is -2.25. The van der Waals surface area contributed by atoms with Crippen LogP contribution in [0.4, 0.5) is 10.5 Å². The van der Waals surface area contributed by atoms with Gasteiger partial charge in [0.25, 0.3) is 0 Å². The minimum atomic E-state index is -0.293. The molecule has 0 radical (unpaired) electrons. The van der Waals surface area contributed by atoms with E-state index in [1.165, 1.54) is 0 Å². The number of hydrogen-bond donors (Lipinski definition) is 1. The molecule has 2 atom stereocenters. The molecule has 7 nitrogen and oxygen atoms in total. The average molecular weight is 330 g/mol. The minimum Gasteiger partial charge on any atom is -0.447 e. The van der Waals surface area contributed by atoms with E-state index in [0.29, 0.717) is 24.9 Å². The summed E-state index contributed by atoms with van der Waals surface area (Å²) in [5, 5.41) is 11.5. The van der Waals surface area contributed by atoms with Crippen molar-refractivity contribution < 1.29 is 13.9 Å². The van der Waals surface area contributed by atoms with E-state index < -0.39 is 0 Å². The van der Waals surface area contributed by atoms with Gasteiger partial charge in [-0.2, -0.15) is 0 Å². The molecule has 1 aliphatic heterocycles. The summed E-state index contributed by atoms with van der Waals surface area (Å²) in [7, 11) is 0. The van der Waals surface area contributed by atoms with Gasteiger partial charge in [0.15, 0.2) is 0 Å². The first-order chi connectivity index (χ1) is 11.6.